The Morgan fingerprint density at radius 1 is 0.792 bits per heavy atom. The van der Waals surface area contributed by atoms with Crippen LogP contribution in [-0.4, -0.2) is 6.61 Å². The van der Waals surface area contributed by atoms with E-state index in [1.54, 1.807) is 0 Å². The number of hydrogen-bond acceptors (Lipinski definition) is 3. The van der Waals surface area contributed by atoms with E-state index in [9.17, 15) is 0 Å². The van der Waals surface area contributed by atoms with Gasteiger partial charge in [-0.25, -0.2) is 0 Å². The Hall–Kier alpha value is -2.94. The van der Waals surface area contributed by atoms with Crippen LogP contribution in [0.15, 0.2) is 72.8 Å². The van der Waals surface area contributed by atoms with Gasteiger partial charge in [0.25, 0.3) is 0 Å². The molecule has 3 nitrogen and oxygen atoms in total. The average Bonchev–Trinajstić information content (AvgIpc) is 2.63. The van der Waals surface area contributed by atoms with Crippen LogP contribution in [0.4, 0.5) is 5.69 Å². The van der Waals surface area contributed by atoms with Gasteiger partial charge in [0.15, 0.2) is 0 Å². The lowest BCUT2D eigenvalue weighted by molar-refractivity contribution is 0.306. The standard InChI is InChI=1S/C21H21NO2/c1-2-23-21-12-11-18(14-20(21)22)17-9-6-10-19(13-17)24-15-16-7-4-3-5-8-16/h3-14H,2,15,22H2,1H3. The molecule has 0 radical (unpaired) electrons. The molecule has 3 aromatic rings. The zero-order valence-corrected chi connectivity index (χ0v) is 13.7. The summed E-state index contributed by atoms with van der Waals surface area (Å²) in [5.41, 5.74) is 9.96. The van der Waals surface area contributed by atoms with E-state index in [2.05, 4.69) is 12.1 Å². The van der Waals surface area contributed by atoms with Crippen LogP contribution >= 0.6 is 0 Å². The molecular formula is C21H21NO2. The number of nitrogens with two attached hydrogens (primary N) is 1. The van der Waals surface area contributed by atoms with Crippen LogP contribution in [0.5, 0.6) is 11.5 Å². The summed E-state index contributed by atoms with van der Waals surface area (Å²) in [6.45, 7) is 3.10. The first-order valence-electron chi connectivity index (χ1n) is 8.06. The van der Waals surface area contributed by atoms with Crippen molar-refractivity contribution in [3.63, 3.8) is 0 Å². The lowest BCUT2D eigenvalue weighted by Crippen LogP contribution is -1.97. The molecule has 0 unspecified atom stereocenters. The Kier molecular flexibility index (Phi) is 5.02. The molecule has 122 valence electrons. The molecule has 0 heterocycles. The fraction of sp³-hybridized carbons (Fsp3) is 0.143. The molecule has 0 aromatic heterocycles. The third-order valence-electron chi connectivity index (χ3n) is 3.73. The van der Waals surface area contributed by atoms with E-state index in [0.717, 1.165) is 28.2 Å². The van der Waals surface area contributed by atoms with Crippen LogP contribution in [0.3, 0.4) is 0 Å². The molecule has 0 aliphatic carbocycles. The van der Waals surface area contributed by atoms with E-state index in [1.165, 1.54) is 0 Å². The van der Waals surface area contributed by atoms with Crippen molar-refractivity contribution in [1.29, 1.82) is 0 Å². The summed E-state index contributed by atoms with van der Waals surface area (Å²) in [7, 11) is 0. The van der Waals surface area contributed by atoms with Gasteiger partial charge in [0.2, 0.25) is 0 Å². The Bertz CT molecular complexity index is 800. The third kappa shape index (κ3) is 3.87. The van der Waals surface area contributed by atoms with E-state index >= 15 is 0 Å². The molecule has 0 amide bonds. The third-order valence-corrected chi connectivity index (χ3v) is 3.73. The molecule has 2 N–H and O–H groups in total. The van der Waals surface area contributed by atoms with Crippen LogP contribution in [0.2, 0.25) is 0 Å². The van der Waals surface area contributed by atoms with Crippen LogP contribution < -0.4 is 15.2 Å². The van der Waals surface area contributed by atoms with Gasteiger partial charge in [-0.05, 0) is 47.9 Å². The average molecular weight is 319 g/mol. The van der Waals surface area contributed by atoms with Crippen molar-refractivity contribution in [1.82, 2.24) is 0 Å². The summed E-state index contributed by atoms with van der Waals surface area (Å²) in [4.78, 5) is 0. The molecule has 0 aliphatic rings. The van der Waals surface area contributed by atoms with Crippen LogP contribution in [0, 0.1) is 0 Å². The summed E-state index contributed by atoms with van der Waals surface area (Å²) >= 11 is 0. The normalized spacial score (nSPS) is 10.4. The minimum atomic E-state index is 0.551. The molecule has 0 saturated carbocycles. The maximum Gasteiger partial charge on any atom is 0.142 e. The first kappa shape index (κ1) is 15.9. The van der Waals surface area contributed by atoms with E-state index in [4.69, 9.17) is 15.2 Å². The molecule has 0 spiro atoms. The number of nitrogen functional groups attached to an aromatic ring is 1. The molecule has 0 saturated heterocycles. The molecule has 0 atom stereocenters. The fourth-order valence-electron chi connectivity index (χ4n) is 2.52. The number of hydrogen-bond donors (Lipinski definition) is 1. The second kappa shape index (κ2) is 7.55. The molecule has 3 rings (SSSR count). The van der Waals surface area contributed by atoms with Gasteiger partial charge in [0.05, 0.1) is 12.3 Å². The van der Waals surface area contributed by atoms with Crippen LogP contribution in [0.25, 0.3) is 11.1 Å². The van der Waals surface area contributed by atoms with Crippen molar-refractivity contribution in [2.45, 2.75) is 13.5 Å². The molecule has 0 bridgehead atoms. The Morgan fingerprint density at radius 3 is 2.33 bits per heavy atom. The van der Waals surface area contributed by atoms with Crippen molar-refractivity contribution in [2.75, 3.05) is 12.3 Å². The highest BCUT2D eigenvalue weighted by atomic mass is 16.5. The Morgan fingerprint density at radius 2 is 1.58 bits per heavy atom. The number of benzene rings is 3. The van der Waals surface area contributed by atoms with E-state index in [0.29, 0.717) is 18.9 Å². The summed E-state index contributed by atoms with van der Waals surface area (Å²) in [6.07, 6.45) is 0. The van der Waals surface area contributed by atoms with E-state index in [1.807, 2.05) is 67.6 Å². The minimum Gasteiger partial charge on any atom is -0.492 e. The first-order valence-corrected chi connectivity index (χ1v) is 8.06. The monoisotopic (exact) mass is 319 g/mol. The Balaban J connectivity index is 1.76. The number of rotatable bonds is 6. The molecule has 3 aromatic carbocycles. The predicted molar refractivity (Wildman–Crippen MR) is 98.2 cm³/mol. The molecule has 0 aliphatic heterocycles. The lowest BCUT2D eigenvalue weighted by Gasteiger charge is -2.11. The highest BCUT2D eigenvalue weighted by Crippen LogP contribution is 2.30. The van der Waals surface area contributed by atoms with Gasteiger partial charge in [-0.1, -0.05) is 48.5 Å². The summed E-state index contributed by atoms with van der Waals surface area (Å²) in [5, 5.41) is 0. The van der Waals surface area contributed by atoms with Crippen LogP contribution in [-0.2, 0) is 6.61 Å². The second-order valence-electron chi connectivity index (χ2n) is 5.49. The zero-order valence-electron chi connectivity index (χ0n) is 13.7. The van der Waals surface area contributed by atoms with Gasteiger partial charge in [-0.2, -0.15) is 0 Å². The summed E-state index contributed by atoms with van der Waals surface area (Å²) in [6, 6.07) is 24.0. The maximum absolute atomic E-state index is 6.06. The van der Waals surface area contributed by atoms with Crippen molar-refractivity contribution in [3.8, 4) is 22.6 Å². The van der Waals surface area contributed by atoms with Crippen molar-refractivity contribution in [3.05, 3.63) is 78.4 Å². The predicted octanol–water partition coefficient (Wildman–Crippen LogP) is 4.91. The van der Waals surface area contributed by atoms with Crippen LogP contribution in [0.1, 0.15) is 12.5 Å². The largest absolute Gasteiger partial charge is 0.492 e. The van der Waals surface area contributed by atoms with Gasteiger partial charge in [-0.3, -0.25) is 0 Å². The molecule has 3 heteroatoms. The van der Waals surface area contributed by atoms with Crippen molar-refractivity contribution < 1.29 is 9.47 Å². The SMILES string of the molecule is CCOc1ccc(-c2cccc(OCc3ccccc3)c2)cc1N. The summed E-state index contributed by atoms with van der Waals surface area (Å²) < 4.78 is 11.4. The molecular weight excluding hydrogens is 298 g/mol. The van der Waals surface area contributed by atoms with Crippen molar-refractivity contribution in [2.24, 2.45) is 0 Å². The second-order valence-corrected chi connectivity index (χ2v) is 5.49. The van der Waals surface area contributed by atoms with Gasteiger partial charge in [0.1, 0.15) is 18.1 Å². The maximum atomic E-state index is 6.06. The number of anilines is 1. The highest BCUT2D eigenvalue weighted by Gasteiger charge is 2.05. The summed E-state index contributed by atoms with van der Waals surface area (Å²) in [5.74, 6) is 1.56. The van der Waals surface area contributed by atoms with Gasteiger partial charge in [-0.15, -0.1) is 0 Å². The topological polar surface area (TPSA) is 44.5 Å². The quantitative estimate of drug-likeness (QED) is 0.656. The van der Waals surface area contributed by atoms with Gasteiger partial charge >= 0.3 is 0 Å². The van der Waals surface area contributed by atoms with Crippen molar-refractivity contribution >= 4 is 5.69 Å². The van der Waals surface area contributed by atoms with Gasteiger partial charge < -0.3 is 15.2 Å². The fourth-order valence-corrected chi connectivity index (χ4v) is 2.52. The Labute approximate surface area is 142 Å². The minimum absolute atomic E-state index is 0.551. The lowest BCUT2D eigenvalue weighted by atomic mass is 10.0. The smallest absolute Gasteiger partial charge is 0.142 e. The first-order chi connectivity index (χ1) is 11.8. The van der Waals surface area contributed by atoms with Gasteiger partial charge in [0, 0.05) is 0 Å². The number of ether oxygens (including phenoxy) is 2. The zero-order chi connectivity index (χ0) is 16.8. The van der Waals surface area contributed by atoms with E-state index in [-0.39, 0.29) is 0 Å². The molecule has 24 heavy (non-hydrogen) atoms. The van der Waals surface area contributed by atoms with E-state index < -0.39 is 0 Å². The highest BCUT2D eigenvalue weighted by molar-refractivity contribution is 5.71. The molecule has 0 fully saturated rings.